The second-order valence-corrected chi connectivity index (χ2v) is 5.05. The molecule has 0 bridgehead atoms. The minimum absolute atomic E-state index is 0.221. The molecule has 6 nitrogen and oxygen atoms in total. The van der Waals surface area contributed by atoms with E-state index in [-0.39, 0.29) is 5.15 Å². The van der Waals surface area contributed by atoms with Crippen LogP contribution in [0.2, 0.25) is 5.15 Å². The largest absolute Gasteiger partial charge is 0.390 e. The van der Waals surface area contributed by atoms with Gasteiger partial charge in [0.25, 0.3) is 0 Å². The summed E-state index contributed by atoms with van der Waals surface area (Å²) in [6.45, 7) is -0.670. The number of imidazole rings is 1. The topological polar surface area (TPSA) is 84.1 Å². The molecule has 1 fully saturated rings. The summed E-state index contributed by atoms with van der Waals surface area (Å²) in [5.41, 5.74) is 0.894. The lowest BCUT2D eigenvalue weighted by atomic mass is 10.1. The van der Waals surface area contributed by atoms with Crippen LogP contribution >= 0.6 is 11.6 Å². The molecule has 2 aromatic heterocycles. The second kappa shape index (κ2) is 4.66. The minimum Gasteiger partial charge on any atom is -0.390 e. The fourth-order valence-corrected chi connectivity index (χ4v) is 2.77. The number of nitrogens with zero attached hydrogens (tertiary/aromatic N) is 4. The maximum Gasteiger partial charge on any atom is 0.165 e. The first-order valence-electron chi connectivity index (χ1n) is 5.88. The van der Waals surface area contributed by atoms with Gasteiger partial charge < -0.3 is 14.8 Å². The van der Waals surface area contributed by atoms with E-state index in [2.05, 4.69) is 15.0 Å². The van der Waals surface area contributed by atoms with Gasteiger partial charge in [0.05, 0.1) is 25.1 Å². The molecule has 1 aliphatic carbocycles. The van der Waals surface area contributed by atoms with Gasteiger partial charge in [-0.15, -0.1) is 0 Å². The van der Waals surface area contributed by atoms with E-state index in [0.29, 0.717) is 17.6 Å². The molecule has 4 unspecified atom stereocenters. The Bertz CT molecular complexity index is 607. The molecule has 0 aliphatic heterocycles. The molecule has 1 aliphatic rings. The van der Waals surface area contributed by atoms with Crippen molar-refractivity contribution in [3.05, 3.63) is 17.8 Å². The molecule has 19 heavy (non-hydrogen) atoms. The quantitative estimate of drug-likeness (QED) is 0.795. The van der Waals surface area contributed by atoms with E-state index in [0.717, 1.165) is 0 Å². The number of alkyl halides is 1. The summed E-state index contributed by atoms with van der Waals surface area (Å²) in [4.78, 5) is 12.0. The third kappa shape index (κ3) is 1.89. The Morgan fingerprint density at radius 1 is 1.32 bits per heavy atom. The van der Waals surface area contributed by atoms with Crippen LogP contribution in [0.1, 0.15) is 12.5 Å². The van der Waals surface area contributed by atoms with Crippen LogP contribution in [0.15, 0.2) is 12.7 Å². The number of hydrogen-bond acceptors (Lipinski definition) is 5. The molecule has 1 saturated carbocycles. The fourth-order valence-electron chi connectivity index (χ4n) is 2.59. The van der Waals surface area contributed by atoms with Gasteiger partial charge in [-0.05, 0) is 6.42 Å². The number of aliphatic hydroxyl groups is 2. The standard InChI is InChI=1S/C11H12ClFN4O2/c12-10-7-11(15-3-14-10)17(4-16-7)6-1-5(2-13)8(18)9(6)19/h3-6,8-9,18-19H,1-2H2. The Morgan fingerprint density at radius 2 is 2.11 bits per heavy atom. The molecule has 0 amide bonds. The minimum atomic E-state index is -1.08. The van der Waals surface area contributed by atoms with Gasteiger partial charge in [-0.1, -0.05) is 11.6 Å². The fraction of sp³-hybridized carbons (Fsp3) is 0.545. The molecule has 0 radical (unpaired) electrons. The van der Waals surface area contributed by atoms with E-state index < -0.39 is 30.8 Å². The molecule has 0 aromatic carbocycles. The number of rotatable bonds is 2. The van der Waals surface area contributed by atoms with Gasteiger partial charge in [0.1, 0.15) is 17.9 Å². The maximum absolute atomic E-state index is 12.8. The zero-order valence-corrected chi connectivity index (χ0v) is 10.6. The SMILES string of the molecule is OC1C(CF)CC(n2cnc3c(Cl)ncnc32)C1O. The summed E-state index contributed by atoms with van der Waals surface area (Å²) in [6, 6.07) is -0.466. The normalized spacial score (nSPS) is 31.2. The molecule has 0 saturated heterocycles. The lowest BCUT2D eigenvalue weighted by Crippen LogP contribution is -2.29. The number of halogens is 2. The smallest absolute Gasteiger partial charge is 0.165 e. The first-order valence-corrected chi connectivity index (χ1v) is 6.26. The predicted octanol–water partition coefficient (Wildman–Crippen LogP) is 0.732. The summed E-state index contributed by atoms with van der Waals surface area (Å²) < 4.78 is 14.4. The van der Waals surface area contributed by atoms with Gasteiger partial charge in [0, 0.05) is 5.92 Å². The van der Waals surface area contributed by atoms with Gasteiger partial charge in [0.2, 0.25) is 0 Å². The van der Waals surface area contributed by atoms with E-state index in [1.165, 1.54) is 12.7 Å². The van der Waals surface area contributed by atoms with Crippen molar-refractivity contribution < 1.29 is 14.6 Å². The number of hydrogen-bond donors (Lipinski definition) is 2. The van der Waals surface area contributed by atoms with Crippen molar-refractivity contribution in [1.29, 1.82) is 0 Å². The lowest BCUT2D eigenvalue weighted by Gasteiger charge is -2.18. The van der Waals surface area contributed by atoms with Crippen molar-refractivity contribution in [3.63, 3.8) is 0 Å². The van der Waals surface area contributed by atoms with E-state index in [9.17, 15) is 14.6 Å². The highest BCUT2D eigenvalue weighted by molar-refractivity contribution is 6.33. The van der Waals surface area contributed by atoms with Gasteiger partial charge in [-0.25, -0.2) is 15.0 Å². The van der Waals surface area contributed by atoms with Crippen LogP contribution in [0.25, 0.3) is 11.2 Å². The average molecular weight is 287 g/mol. The zero-order chi connectivity index (χ0) is 13.6. The Balaban J connectivity index is 2.04. The summed E-state index contributed by atoms with van der Waals surface area (Å²) in [7, 11) is 0. The first kappa shape index (κ1) is 12.7. The maximum atomic E-state index is 12.8. The van der Waals surface area contributed by atoms with Crippen LogP contribution in [-0.2, 0) is 0 Å². The number of fused-ring (bicyclic) bond motifs is 1. The summed E-state index contributed by atoms with van der Waals surface area (Å²) in [5, 5.41) is 20.0. The number of aromatic nitrogens is 4. The third-order valence-corrected chi connectivity index (χ3v) is 3.92. The molecule has 2 N–H and O–H groups in total. The number of aliphatic hydroxyl groups excluding tert-OH is 2. The first-order chi connectivity index (χ1) is 9.13. The molecule has 102 valence electrons. The highest BCUT2D eigenvalue weighted by Crippen LogP contribution is 2.37. The van der Waals surface area contributed by atoms with Gasteiger partial charge in [-0.2, -0.15) is 0 Å². The molecule has 3 rings (SSSR count). The van der Waals surface area contributed by atoms with Crippen LogP contribution in [0.3, 0.4) is 0 Å². The van der Waals surface area contributed by atoms with Crippen LogP contribution in [-0.4, -0.2) is 48.6 Å². The van der Waals surface area contributed by atoms with Gasteiger partial charge >= 0.3 is 0 Å². The van der Waals surface area contributed by atoms with Crippen LogP contribution in [0.5, 0.6) is 0 Å². The van der Waals surface area contributed by atoms with E-state index in [4.69, 9.17) is 11.6 Å². The average Bonchev–Trinajstić information content (AvgIpc) is 2.94. The van der Waals surface area contributed by atoms with Crippen LogP contribution in [0, 0.1) is 5.92 Å². The van der Waals surface area contributed by atoms with Crippen molar-refractivity contribution in [1.82, 2.24) is 19.5 Å². The van der Waals surface area contributed by atoms with Crippen LogP contribution < -0.4 is 0 Å². The Kier molecular flexibility index (Phi) is 3.12. The monoisotopic (exact) mass is 286 g/mol. The van der Waals surface area contributed by atoms with Crippen molar-refractivity contribution in [2.45, 2.75) is 24.7 Å². The molecule has 2 heterocycles. The predicted molar refractivity (Wildman–Crippen MR) is 65.5 cm³/mol. The van der Waals surface area contributed by atoms with Crippen molar-refractivity contribution >= 4 is 22.8 Å². The molecule has 0 spiro atoms. The summed E-state index contributed by atoms with van der Waals surface area (Å²) in [6.07, 6.45) is 0.975. The third-order valence-electron chi connectivity index (χ3n) is 3.64. The second-order valence-electron chi connectivity index (χ2n) is 4.69. The van der Waals surface area contributed by atoms with E-state index in [1.807, 2.05) is 0 Å². The molecule has 8 heteroatoms. The van der Waals surface area contributed by atoms with E-state index >= 15 is 0 Å². The Morgan fingerprint density at radius 3 is 2.79 bits per heavy atom. The summed E-state index contributed by atoms with van der Waals surface area (Å²) >= 11 is 5.90. The van der Waals surface area contributed by atoms with Gasteiger partial charge in [0.15, 0.2) is 10.8 Å². The lowest BCUT2D eigenvalue weighted by molar-refractivity contribution is 0.00271. The van der Waals surface area contributed by atoms with Crippen molar-refractivity contribution in [2.24, 2.45) is 5.92 Å². The molecule has 4 atom stereocenters. The molecular formula is C11H12ClFN4O2. The molecular weight excluding hydrogens is 275 g/mol. The Labute approximate surface area is 112 Å². The highest BCUT2D eigenvalue weighted by atomic mass is 35.5. The molecule has 2 aromatic rings. The summed E-state index contributed by atoms with van der Waals surface area (Å²) in [5.74, 6) is -0.574. The zero-order valence-electron chi connectivity index (χ0n) is 9.82. The highest BCUT2D eigenvalue weighted by Gasteiger charge is 2.42. The Hall–Kier alpha value is -1.31. The van der Waals surface area contributed by atoms with Crippen LogP contribution in [0.4, 0.5) is 4.39 Å². The van der Waals surface area contributed by atoms with E-state index in [1.54, 1.807) is 4.57 Å². The van der Waals surface area contributed by atoms with Gasteiger partial charge in [-0.3, -0.25) is 4.39 Å². The van der Waals surface area contributed by atoms with Crippen molar-refractivity contribution in [3.8, 4) is 0 Å². The van der Waals surface area contributed by atoms with Crippen molar-refractivity contribution in [2.75, 3.05) is 6.67 Å².